The lowest BCUT2D eigenvalue weighted by Gasteiger charge is -2.07. The molecule has 0 spiro atoms. The Kier molecular flexibility index (Phi) is 5.03. The van der Waals surface area contributed by atoms with Crippen molar-refractivity contribution in [3.63, 3.8) is 0 Å². The van der Waals surface area contributed by atoms with Crippen LogP contribution in [0.1, 0.15) is 0 Å². The molecule has 0 bridgehead atoms. The first-order valence-electron chi connectivity index (χ1n) is 3.40. The first-order chi connectivity index (χ1) is 5.81. The summed E-state index contributed by atoms with van der Waals surface area (Å²) in [6.07, 6.45) is 0. The summed E-state index contributed by atoms with van der Waals surface area (Å²) in [6.45, 7) is 0. The van der Waals surface area contributed by atoms with Gasteiger partial charge in [0.25, 0.3) is 0 Å². The molecule has 0 aliphatic heterocycles. The Morgan fingerprint density at radius 3 is 2.23 bits per heavy atom. The van der Waals surface area contributed by atoms with Gasteiger partial charge in [-0.1, -0.05) is 0 Å². The van der Waals surface area contributed by atoms with Crippen molar-refractivity contribution in [1.29, 1.82) is 0 Å². The van der Waals surface area contributed by atoms with Gasteiger partial charge in [-0.25, -0.2) is 0 Å². The zero-order valence-electron chi connectivity index (χ0n) is 7.44. The highest BCUT2D eigenvalue weighted by molar-refractivity contribution is 5.85. The third kappa shape index (κ3) is 2.68. The fourth-order valence-electron chi connectivity index (χ4n) is 0.876. The molecule has 0 heterocycles. The number of benzene rings is 1. The van der Waals surface area contributed by atoms with Crippen molar-refractivity contribution in [2.24, 2.45) is 5.90 Å². The van der Waals surface area contributed by atoms with Crippen LogP contribution in [0.15, 0.2) is 18.2 Å². The Balaban J connectivity index is 0.00000144. The maximum Gasteiger partial charge on any atom is 0.192 e. The van der Waals surface area contributed by atoms with E-state index in [0.717, 1.165) is 0 Å². The Bertz CT molecular complexity index is 268. The summed E-state index contributed by atoms with van der Waals surface area (Å²) in [5.41, 5.74) is 0. The molecule has 0 amide bonds. The molecular weight excluding hydrogens is 194 g/mol. The molecule has 2 N–H and O–H groups in total. The summed E-state index contributed by atoms with van der Waals surface area (Å²) in [5.74, 6) is 6.73. The van der Waals surface area contributed by atoms with Crippen LogP contribution in [0.4, 0.5) is 0 Å². The Morgan fingerprint density at radius 2 is 1.77 bits per heavy atom. The van der Waals surface area contributed by atoms with Gasteiger partial charge in [-0.2, -0.15) is 5.90 Å². The fourth-order valence-corrected chi connectivity index (χ4v) is 0.876. The van der Waals surface area contributed by atoms with E-state index in [4.69, 9.17) is 15.4 Å². The highest BCUT2D eigenvalue weighted by atomic mass is 35.5. The van der Waals surface area contributed by atoms with E-state index in [1.54, 1.807) is 32.4 Å². The molecule has 0 aliphatic carbocycles. The van der Waals surface area contributed by atoms with Gasteiger partial charge in [0.15, 0.2) is 11.5 Å². The lowest BCUT2D eigenvalue weighted by Crippen LogP contribution is -2.03. The van der Waals surface area contributed by atoms with Crippen LogP contribution < -0.4 is 20.2 Å². The number of halogens is 1. The molecule has 1 aromatic carbocycles. The number of rotatable bonds is 3. The van der Waals surface area contributed by atoms with Gasteiger partial charge in [-0.15, -0.1) is 12.4 Å². The topological polar surface area (TPSA) is 53.7 Å². The molecule has 0 aromatic heterocycles. The van der Waals surface area contributed by atoms with Gasteiger partial charge in [0.1, 0.15) is 5.75 Å². The van der Waals surface area contributed by atoms with Crippen molar-refractivity contribution in [3.8, 4) is 17.2 Å². The van der Waals surface area contributed by atoms with Gasteiger partial charge >= 0.3 is 0 Å². The van der Waals surface area contributed by atoms with Gasteiger partial charge in [0, 0.05) is 6.07 Å². The third-order valence-corrected chi connectivity index (χ3v) is 1.50. The number of nitrogens with two attached hydrogens (primary N) is 1. The van der Waals surface area contributed by atoms with Crippen molar-refractivity contribution in [2.75, 3.05) is 14.2 Å². The molecule has 0 unspecified atom stereocenters. The molecule has 5 heteroatoms. The van der Waals surface area contributed by atoms with Crippen LogP contribution in [0.3, 0.4) is 0 Å². The number of methoxy groups -OCH3 is 2. The zero-order valence-corrected chi connectivity index (χ0v) is 8.26. The number of hydrogen-bond donors (Lipinski definition) is 1. The molecule has 1 aromatic rings. The zero-order chi connectivity index (χ0) is 8.97. The maximum absolute atomic E-state index is 5.01. The monoisotopic (exact) mass is 205 g/mol. The molecule has 0 aliphatic rings. The van der Waals surface area contributed by atoms with Crippen LogP contribution >= 0.6 is 12.4 Å². The summed E-state index contributed by atoms with van der Waals surface area (Å²) >= 11 is 0. The summed E-state index contributed by atoms with van der Waals surface area (Å²) in [7, 11) is 3.12. The smallest absolute Gasteiger partial charge is 0.192 e. The summed E-state index contributed by atoms with van der Waals surface area (Å²) < 4.78 is 9.94. The average Bonchev–Trinajstić information content (AvgIpc) is 2.16. The van der Waals surface area contributed by atoms with Crippen LogP contribution in [0.5, 0.6) is 17.2 Å². The first kappa shape index (κ1) is 11.9. The van der Waals surface area contributed by atoms with E-state index in [9.17, 15) is 0 Å². The minimum absolute atomic E-state index is 0. The molecule has 0 atom stereocenters. The Hall–Kier alpha value is -1.13. The largest absolute Gasteiger partial charge is 0.497 e. The van der Waals surface area contributed by atoms with E-state index in [-0.39, 0.29) is 12.4 Å². The van der Waals surface area contributed by atoms with Crippen LogP contribution in [-0.4, -0.2) is 14.2 Å². The van der Waals surface area contributed by atoms with Crippen LogP contribution in [0.25, 0.3) is 0 Å². The first-order valence-corrected chi connectivity index (χ1v) is 3.40. The Morgan fingerprint density at radius 1 is 1.08 bits per heavy atom. The molecule has 0 saturated heterocycles. The van der Waals surface area contributed by atoms with Gasteiger partial charge in [-0.3, -0.25) is 0 Å². The molecule has 13 heavy (non-hydrogen) atoms. The van der Waals surface area contributed by atoms with Gasteiger partial charge in [-0.05, 0) is 12.1 Å². The van der Waals surface area contributed by atoms with Crippen LogP contribution in [0, 0.1) is 0 Å². The molecule has 74 valence electrons. The molecule has 0 saturated carbocycles. The molecule has 0 radical (unpaired) electrons. The summed E-state index contributed by atoms with van der Waals surface area (Å²) in [4.78, 5) is 4.57. The predicted molar refractivity (Wildman–Crippen MR) is 51.6 cm³/mol. The third-order valence-electron chi connectivity index (χ3n) is 1.50. The Labute approximate surface area is 82.9 Å². The maximum atomic E-state index is 5.01. The normalized spacial score (nSPS) is 8.54. The van der Waals surface area contributed by atoms with E-state index in [0.29, 0.717) is 17.2 Å². The van der Waals surface area contributed by atoms with Crippen molar-refractivity contribution >= 4 is 12.4 Å². The summed E-state index contributed by atoms with van der Waals surface area (Å²) in [5, 5.41) is 0. The van der Waals surface area contributed by atoms with Crippen molar-refractivity contribution in [1.82, 2.24) is 0 Å². The van der Waals surface area contributed by atoms with Crippen molar-refractivity contribution < 1.29 is 14.3 Å². The molecule has 4 nitrogen and oxygen atoms in total. The second-order valence-electron chi connectivity index (χ2n) is 2.13. The fraction of sp³-hybridized carbons (Fsp3) is 0.250. The molecule has 0 fully saturated rings. The lowest BCUT2D eigenvalue weighted by atomic mass is 10.3. The van der Waals surface area contributed by atoms with E-state index < -0.39 is 0 Å². The quantitative estimate of drug-likeness (QED) is 0.758. The second kappa shape index (κ2) is 5.50. The van der Waals surface area contributed by atoms with Gasteiger partial charge < -0.3 is 14.3 Å². The summed E-state index contributed by atoms with van der Waals surface area (Å²) in [6, 6.07) is 5.14. The average molecular weight is 206 g/mol. The van der Waals surface area contributed by atoms with E-state index in [1.165, 1.54) is 0 Å². The standard InChI is InChI=1S/C8H11NO3.ClH/c1-10-6-3-4-7(11-2)8(5-6)12-9;/h3-5H,9H2,1-2H3;1H. The van der Waals surface area contributed by atoms with Crippen LogP contribution in [0.2, 0.25) is 0 Å². The van der Waals surface area contributed by atoms with Crippen LogP contribution in [-0.2, 0) is 0 Å². The predicted octanol–water partition coefficient (Wildman–Crippen LogP) is 1.38. The van der Waals surface area contributed by atoms with Gasteiger partial charge in [0.2, 0.25) is 0 Å². The highest BCUT2D eigenvalue weighted by Gasteiger charge is 2.04. The lowest BCUT2D eigenvalue weighted by molar-refractivity contribution is 0.303. The van der Waals surface area contributed by atoms with Crippen molar-refractivity contribution in [3.05, 3.63) is 18.2 Å². The van der Waals surface area contributed by atoms with Gasteiger partial charge in [0.05, 0.1) is 14.2 Å². The van der Waals surface area contributed by atoms with E-state index >= 15 is 0 Å². The minimum Gasteiger partial charge on any atom is -0.497 e. The second-order valence-corrected chi connectivity index (χ2v) is 2.13. The number of hydrogen-bond acceptors (Lipinski definition) is 4. The van der Waals surface area contributed by atoms with E-state index in [1.807, 2.05) is 0 Å². The van der Waals surface area contributed by atoms with Crippen molar-refractivity contribution in [2.45, 2.75) is 0 Å². The SMILES string of the molecule is COc1ccc(OC)c(ON)c1.Cl. The molecule has 1 rings (SSSR count). The van der Waals surface area contributed by atoms with E-state index in [2.05, 4.69) is 4.84 Å². The minimum atomic E-state index is 0. The molecular formula is C8H12ClNO3. The highest BCUT2D eigenvalue weighted by Crippen LogP contribution is 2.29. The number of ether oxygens (including phenoxy) is 2.